The molecule has 2 atom stereocenters. The maximum Gasteiger partial charge on any atom is 0.323 e. The molecular formula is C9H10FNO4. The monoisotopic (exact) mass is 215 g/mol. The highest BCUT2D eigenvalue weighted by Crippen LogP contribution is 2.28. The van der Waals surface area contributed by atoms with Gasteiger partial charge in [0.15, 0.2) is 11.6 Å². The normalized spacial score (nSPS) is 14.6. The van der Waals surface area contributed by atoms with E-state index >= 15 is 0 Å². The van der Waals surface area contributed by atoms with E-state index in [0.717, 1.165) is 6.07 Å². The van der Waals surface area contributed by atoms with Crippen LogP contribution in [0.3, 0.4) is 0 Å². The quantitative estimate of drug-likeness (QED) is 0.567. The number of phenols is 1. The number of aliphatic hydroxyl groups is 1. The fraction of sp³-hybridized carbons (Fsp3) is 0.222. The molecule has 0 aromatic heterocycles. The fourth-order valence-electron chi connectivity index (χ4n) is 1.10. The minimum Gasteiger partial charge on any atom is -0.505 e. The van der Waals surface area contributed by atoms with E-state index in [4.69, 9.17) is 10.8 Å². The van der Waals surface area contributed by atoms with Crippen molar-refractivity contribution in [1.29, 1.82) is 0 Å². The molecule has 0 bridgehead atoms. The molecule has 1 rings (SSSR count). The van der Waals surface area contributed by atoms with Crippen molar-refractivity contribution in [1.82, 2.24) is 0 Å². The van der Waals surface area contributed by atoms with Crippen LogP contribution in [0, 0.1) is 5.82 Å². The maximum atomic E-state index is 12.9. The van der Waals surface area contributed by atoms with E-state index in [1.807, 2.05) is 0 Å². The van der Waals surface area contributed by atoms with Gasteiger partial charge in [0.1, 0.15) is 12.1 Å². The van der Waals surface area contributed by atoms with Crippen LogP contribution in [0.4, 0.5) is 4.39 Å². The van der Waals surface area contributed by atoms with Crippen LogP contribution in [-0.4, -0.2) is 27.3 Å². The molecule has 0 aliphatic rings. The molecule has 0 amide bonds. The number of benzene rings is 1. The van der Waals surface area contributed by atoms with Crippen molar-refractivity contribution in [3.63, 3.8) is 0 Å². The Labute approximate surface area is 84.6 Å². The molecule has 0 saturated heterocycles. The van der Waals surface area contributed by atoms with Gasteiger partial charge >= 0.3 is 5.97 Å². The Kier molecular flexibility index (Phi) is 3.23. The summed E-state index contributed by atoms with van der Waals surface area (Å²) in [5, 5.41) is 27.2. The predicted molar refractivity (Wildman–Crippen MR) is 48.6 cm³/mol. The van der Waals surface area contributed by atoms with Crippen molar-refractivity contribution in [3.8, 4) is 5.75 Å². The van der Waals surface area contributed by atoms with Gasteiger partial charge in [0.25, 0.3) is 0 Å². The van der Waals surface area contributed by atoms with Gasteiger partial charge in [-0.2, -0.15) is 0 Å². The number of aliphatic hydroxyl groups excluding tert-OH is 1. The SMILES string of the molecule is NC(C(=O)O)C(O)c1cccc(F)c1O. The summed E-state index contributed by atoms with van der Waals surface area (Å²) >= 11 is 0. The van der Waals surface area contributed by atoms with Gasteiger partial charge in [0.2, 0.25) is 0 Å². The van der Waals surface area contributed by atoms with Crippen molar-refractivity contribution in [2.45, 2.75) is 12.1 Å². The molecule has 0 fully saturated rings. The van der Waals surface area contributed by atoms with Crippen LogP contribution < -0.4 is 5.73 Å². The minimum absolute atomic E-state index is 0.245. The lowest BCUT2D eigenvalue weighted by Crippen LogP contribution is -2.36. The molecule has 0 radical (unpaired) electrons. The van der Waals surface area contributed by atoms with Gasteiger partial charge in [-0.3, -0.25) is 4.79 Å². The largest absolute Gasteiger partial charge is 0.505 e. The van der Waals surface area contributed by atoms with Gasteiger partial charge in [-0.1, -0.05) is 12.1 Å². The van der Waals surface area contributed by atoms with Crippen molar-refractivity contribution >= 4 is 5.97 Å². The maximum absolute atomic E-state index is 12.9. The second-order valence-corrected chi connectivity index (χ2v) is 2.99. The summed E-state index contributed by atoms with van der Waals surface area (Å²) in [4.78, 5) is 10.4. The predicted octanol–water partition coefficient (Wildman–Crippen LogP) is -0.0234. The lowest BCUT2D eigenvalue weighted by molar-refractivity contribution is -0.141. The number of nitrogens with two attached hydrogens (primary N) is 1. The molecule has 15 heavy (non-hydrogen) atoms. The molecule has 82 valence electrons. The molecule has 1 aromatic rings. The topological polar surface area (TPSA) is 104 Å². The van der Waals surface area contributed by atoms with Crippen LogP contribution in [0.2, 0.25) is 0 Å². The Morgan fingerprint density at radius 2 is 2.07 bits per heavy atom. The van der Waals surface area contributed by atoms with Crippen LogP contribution in [-0.2, 0) is 4.79 Å². The Morgan fingerprint density at radius 3 is 2.60 bits per heavy atom. The zero-order chi connectivity index (χ0) is 11.6. The summed E-state index contributed by atoms with van der Waals surface area (Å²) in [6.07, 6.45) is -1.65. The highest BCUT2D eigenvalue weighted by molar-refractivity contribution is 5.74. The van der Waals surface area contributed by atoms with Crippen molar-refractivity contribution in [2.75, 3.05) is 0 Å². The number of hydrogen-bond donors (Lipinski definition) is 4. The molecule has 1 aromatic carbocycles. The number of carbonyl (C=O) groups is 1. The van der Waals surface area contributed by atoms with E-state index in [2.05, 4.69) is 0 Å². The van der Waals surface area contributed by atoms with Crippen molar-refractivity contribution in [3.05, 3.63) is 29.6 Å². The second-order valence-electron chi connectivity index (χ2n) is 2.99. The fourth-order valence-corrected chi connectivity index (χ4v) is 1.10. The van der Waals surface area contributed by atoms with E-state index in [-0.39, 0.29) is 5.56 Å². The molecule has 5 nitrogen and oxygen atoms in total. The number of phenolic OH excluding ortho intramolecular Hbond substituents is 1. The molecule has 0 spiro atoms. The second kappa shape index (κ2) is 4.24. The minimum atomic E-state index is -1.65. The Balaban J connectivity index is 3.06. The van der Waals surface area contributed by atoms with E-state index in [9.17, 15) is 19.4 Å². The standard InChI is InChI=1S/C9H10FNO4/c10-5-3-1-2-4(7(5)12)8(13)6(11)9(14)15/h1-3,6,8,12-13H,11H2,(H,14,15). The lowest BCUT2D eigenvalue weighted by atomic mass is 10.0. The molecule has 6 heteroatoms. The first-order chi connectivity index (χ1) is 6.95. The zero-order valence-corrected chi connectivity index (χ0v) is 7.59. The summed E-state index contributed by atoms with van der Waals surface area (Å²) in [6.45, 7) is 0. The third-order valence-electron chi connectivity index (χ3n) is 1.96. The van der Waals surface area contributed by atoms with E-state index < -0.39 is 29.7 Å². The first kappa shape index (κ1) is 11.4. The molecule has 0 aliphatic heterocycles. The highest BCUT2D eigenvalue weighted by atomic mass is 19.1. The van der Waals surface area contributed by atoms with Gasteiger partial charge in [-0.15, -0.1) is 0 Å². The van der Waals surface area contributed by atoms with Gasteiger partial charge in [-0.25, -0.2) is 4.39 Å². The van der Waals surface area contributed by atoms with Gasteiger partial charge in [0, 0.05) is 5.56 Å². The number of para-hydroxylation sites is 1. The summed E-state index contributed by atoms with van der Waals surface area (Å²) in [7, 11) is 0. The van der Waals surface area contributed by atoms with Crippen LogP contribution in [0.1, 0.15) is 11.7 Å². The number of carboxylic acid groups (broad SMARTS) is 1. The number of carboxylic acids is 1. The summed E-state index contributed by atoms with van der Waals surface area (Å²) in [6, 6.07) is 1.81. The molecule has 2 unspecified atom stereocenters. The number of halogens is 1. The highest BCUT2D eigenvalue weighted by Gasteiger charge is 2.26. The average Bonchev–Trinajstić information content (AvgIpc) is 2.20. The molecular weight excluding hydrogens is 205 g/mol. The van der Waals surface area contributed by atoms with Gasteiger partial charge in [0.05, 0.1) is 0 Å². The third kappa shape index (κ3) is 2.23. The summed E-state index contributed by atoms with van der Waals surface area (Å²) in [5.41, 5.74) is 4.88. The lowest BCUT2D eigenvalue weighted by Gasteiger charge is -2.16. The third-order valence-corrected chi connectivity index (χ3v) is 1.96. The van der Waals surface area contributed by atoms with Crippen LogP contribution >= 0.6 is 0 Å². The van der Waals surface area contributed by atoms with Crippen LogP contribution in [0.5, 0.6) is 5.75 Å². The Bertz CT molecular complexity index is 382. The molecule has 0 heterocycles. The van der Waals surface area contributed by atoms with Gasteiger partial charge < -0.3 is 21.1 Å². The van der Waals surface area contributed by atoms with Crippen LogP contribution in [0.15, 0.2) is 18.2 Å². The summed E-state index contributed by atoms with van der Waals surface area (Å²) < 4.78 is 12.9. The number of aliphatic carboxylic acids is 1. The Morgan fingerprint density at radius 1 is 1.47 bits per heavy atom. The molecule has 0 saturated carbocycles. The average molecular weight is 215 g/mol. The first-order valence-electron chi connectivity index (χ1n) is 4.09. The van der Waals surface area contributed by atoms with E-state index in [0.29, 0.717) is 0 Å². The molecule has 5 N–H and O–H groups in total. The number of hydrogen-bond acceptors (Lipinski definition) is 4. The number of rotatable bonds is 3. The van der Waals surface area contributed by atoms with E-state index in [1.165, 1.54) is 12.1 Å². The first-order valence-corrected chi connectivity index (χ1v) is 4.09. The van der Waals surface area contributed by atoms with Crippen molar-refractivity contribution < 1.29 is 24.5 Å². The summed E-state index contributed by atoms with van der Waals surface area (Å²) in [5.74, 6) is -3.17. The molecule has 0 aliphatic carbocycles. The Hall–Kier alpha value is -1.66. The number of aromatic hydroxyl groups is 1. The van der Waals surface area contributed by atoms with E-state index in [1.54, 1.807) is 0 Å². The zero-order valence-electron chi connectivity index (χ0n) is 7.59. The smallest absolute Gasteiger partial charge is 0.323 e. The van der Waals surface area contributed by atoms with Crippen LogP contribution in [0.25, 0.3) is 0 Å². The van der Waals surface area contributed by atoms with Gasteiger partial charge in [-0.05, 0) is 6.07 Å². The van der Waals surface area contributed by atoms with Crippen molar-refractivity contribution in [2.24, 2.45) is 5.73 Å².